The minimum absolute atomic E-state index is 0.199. The van der Waals surface area contributed by atoms with Crippen LogP contribution in [-0.4, -0.2) is 45.0 Å². The van der Waals surface area contributed by atoms with Crippen LogP contribution in [0.25, 0.3) is 0 Å². The van der Waals surface area contributed by atoms with E-state index < -0.39 is 29.5 Å². The zero-order chi connectivity index (χ0) is 22.1. The highest BCUT2D eigenvalue weighted by Gasteiger charge is 2.38. The Balaban J connectivity index is 2.51. The lowest BCUT2D eigenvalue weighted by molar-refractivity contribution is -0.143. The second-order valence-electron chi connectivity index (χ2n) is 6.11. The molecule has 2 aromatic rings. The fourth-order valence-corrected chi connectivity index (χ4v) is 3.89. The number of nitrogens with one attached hydrogen (secondary N) is 1. The highest BCUT2D eigenvalue weighted by Crippen LogP contribution is 2.41. The second kappa shape index (κ2) is 11.0. The van der Waals surface area contributed by atoms with Crippen molar-refractivity contribution in [1.29, 1.82) is 0 Å². The first kappa shape index (κ1) is 23.0. The van der Waals surface area contributed by atoms with Gasteiger partial charge in [-0.05, 0) is 30.4 Å². The summed E-state index contributed by atoms with van der Waals surface area (Å²) in [5.41, 5.74) is 0.450. The lowest BCUT2D eigenvalue weighted by Gasteiger charge is -2.25. The lowest BCUT2D eigenvalue weighted by atomic mass is 9.80. The number of amides is 1. The number of terminal acetylenes is 1. The number of carbonyl (C=O) groups excluding carboxylic acids is 3. The van der Waals surface area contributed by atoms with E-state index in [1.807, 2.05) is 0 Å². The van der Waals surface area contributed by atoms with E-state index in [9.17, 15) is 14.4 Å². The molecule has 0 fully saturated rings. The Morgan fingerprint density at radius 2 is 1.93 bits per heavy atom. The van der Waals surface area contributed by atoms with E-state index in [4.69, 9.17) is 20.6 Å². The summed E-state index contributed by atoms with van der Waals surface area (Å²) < 4.78 is 15.5. The standard InChI is InChI=1S/C22H23NO6S/c1-5-16(24)20(15-10-9-14(27-3)12-17(15)28-4)21(18-8-7-11-30-18)22(26)23-13-19(25)29-6-2/h1,7-12,20-21H,6,13H2,2-4H3,(H,23,26). The zero-order valence-electron chi connectivity index (χ0n) is 17.0. The maximum atomic E-state index is 13.1. The monoisotopic (exact) mass is 429 g/mol. The van der Waals surface area contributed by atoms with Gasteiger partial charge in [0.25, 0.3) is 0 Å². The summed E-state index contributed by atoms with van der Waals surface area (Å²) in [5.74, 6) is -0.613. The summed E-state index contributed by atoms with van der Waals surface area (Å²) in [6.45, 7) is 1.56. The van der Waals surface area contributed by atoms with Gasteiger partial charge >= 0.3 is 5.97 Å². The number of ether oxygens (including phenoxy) is 3. The zero-order valence-corrected chi connectivity index (χ0v) is 17.8. The number of Topliss-reactive ketones (excluding diaryl/α,β-unsaturated/α-hetero) is 1. The second-order valence-corrected chi connectivity index (χ2v) is 7.09. The molecule has 0 aliphatic heterocycles. The molecule has 2 atom stereocenters. The third kappa shape index (κ3) is 5.39. The number of carbonyl (C=O) groups is 3. The van der Waals surface area contributed by atoms with Gasteiger partial charge in [0.05, 0.1) is 32.7 Å². The largest absolute Gasteiger partial charge is 0.497 e. The Morgan fingerprint density at radius 1 is 1.17 bits per heavy atom. The number of rotatable bonds is 10. The Hall–Kier alpha value is -3.31. The molecule has 0 saturated carbocycles. The highest BCUT2D eigenvalue weighted by atomic mass is 32.1. The molecule has 158 valence electrons. The first-order valence-corrected chi connectivity index (χ1v) is 10.0. The van der Waals surface area contributed by atoms with E-state index in [2.05, 4.69) is 11.2 Å². The van der Waals surface area contributed by atoms with Gasteiger partial charge in [0, 0.05) is 16.5 Å². The molecule has 7 nitrogen and oxygen atoms in total. The van der Waals surface area contributed by atoms with Crippen LogP contribution in [0.3, 0.4) is 0 Å². The number of hydrogen-bond acceptors (Lipinski definition) is 7. The molecule has 0 aliphatic carbocycles. The van der Waals surface area contributed by atoms with E-state index in [0.717, 1.165) is 0 Å². The van der Waals surface area contributed by atoms with Gasteiger partial charge in [-0.1, -0.05) is 12.1 Å². The highest BCUT2D eigenvalue weighted by molar-refractivity contribution is 7.10. The molecule has 0 aliphatic rings. The van der Waals surface area contributed by atoms with Gasteiger partial charge in [-0.3, -0.25) is 14.4 Å². The van der Waals surface area contributed by atoms with Crippen molar-refractivity contribution in [2.75, 3.05) is 27.4 Å². The predicted octanol–water partition coefficient (Wildman–Crippen LogP) is 2.51. The van der Waals surface area contributed by atoms with Gasteiger partial charge in [0.1, 0.15) is 18.0 Å². The summed E-state index contributed by atoms with van der Waals surface area (Å²) >= 11 is 1.31. The van der Waals surface area contributed by atoms with Crippen LogP contribution in [-0.2, 0) is 19.1 Å². The molecule has 0 radical (unpaired) electrons. The summed E-state index contributed by atoms with van der Waals surface area (Å²) in [4.78, 5) is 38.3. The Morgan fingerprint density at radius 3 is 2.50 bits per heavy atom. The molecule has 1 aromatic heterocycles. The molecule has 0 saturated heterocycles. The Labute approximate surface area is 179 Å². The van der Waals surface area contributed by atoms with Gasteiger partial charge < -0.3 is 19.5 Å². The average molecular weight is 429 g/mol. The normalized spacial score (nSPS) is 12.2. The molecule has 2 rings (SSSR count). The van der Waals surface area contributed by atoms with Crippen molar-refractivity contribution in [3.63, 3.8) is 0 Å². The lowest BCUT2D eigenvalue weighted by Crippen LogP contribution is -2.38. The van der Waals surface area contributed by atoms with Crippen molar-refractivity contribution in [1.82, 2.24) is 5.32 Å². The fraction of sp³-hybridized carbons (Fsp3) is 0.318. The predicted molar refractivity (Wildman–Crippen MR) is 113 cm³/mol. The molecule has 1 N–H and O–H groups in total. The minimum Gasteiger partial charge on any atom is -0.497 e. The van der Waals surface area contributed by atoms with Crippen molar-refractivity contribution in [2.45, 2.75) is 18.8 Å². The molecule has 0 spiro atoms. The Kier molecular flexibility index (Phi) is 8.44. The van der Waals surface area contributed by atoms with Crippen LogP contribution in [0.2, 0.25) is 0 Å². The minimum atomic E-state index is -1.02. The average Bonchev–Trinajstić information content (AvgIpc) is 3.29. The van der Waals surface area contributed by atoms with E-state index >= 15 is 0 Å². The van der Waals surface area contributed by atoms with Crippen LogP contribution in [0.15, 0.2) is 35.7 Å². The SMILES string of the molecule is C#CC(=O)C(c1ccc(OC)cc1OC)C(C(=O)NCC(=O)OCC)c1cccs1. The molecule has 8 heteroatoms. The first-order chi connectivity index (χ1) is 14.5. The topological polar surface area (TPSA) is 90.9 Å². The van der Waals surface area contributed by atoms with Crippen molar-refractivity contribution in [3.05, 3.63) is 46.2 Å². The van der Waals surface area contributed by atoms with Gasteiger partial charge in [-0.2, -0.15) is 0 Å². The van der Waals surface area contributed by atoms with Crippen LogP contribution >= 0.6 is 11.3 Å². The molecule has 30 heavy (non-hydrogen) atoms. The fourth-order valence-electron chi connectivity index (χ4n) is 3.03. The smallest absolute Gasteiger partial charge is 0.325 e. The van der Waals surface area contributed by atoms with E-state index in [1.165, 1.54) is 25.6 Å². The summed E-state index contributed by atoms with van der Waals surface area (Å²) in [6, 6.07) is 8.45. The number of methoxy groups -OCH3 is 2. The van der Waals surface area contributed by atoms with Crippen molar-refractivity contribution in [2.24, 2.45) is 0 Å². The Bertz CT molecular complexity index is 932. The van der Waals surface area contributed by atoms with E-state index in [0.29, 0.717) is 21.9 Å². The maximum Gasteiger partial charge on any atom is 0.325 e. The van der Waals surface area contributed by atoms with Gasteiger partial charge in [-0.15, -0.1) is 17.8 Å². The van der Waals surface area contributed by atoms with E-state index in [-0.39, 0.29) is 13.2 Å². The summed E-state index contributed by atoms with van der Waals surface area (Å²) in [5, 5.41) is 4.35. The third-order valence-electron chi connectivity index (χ3n) is 4.38. The van der Waals surface area contributed by atoms with Crippen LogP contribution in [0.5, 0.6) is 11.5 Å². The number of thiophene rings is 1. The maximum absolute atomic E-state index is 13.1. The van der Waals surface area contributed by atoms with Gasteiger partial charge in [-0.25, -0.2) is 0 Å². The van der Waals surface area contributed by atoms with Crippen LogP contribution in [0.4, 0.5) is 0 Å². The first-order valence-electron chi connectivity index (χ1n) is 9.15. The van der Waals surface area contributed by atoms with Crippen LogP contribution < -0.4 is 14.8 Å². The third-order valence-corrected chi connectivity index (χ3v) is 5.33. The number of hydrogen-bond donors (Lipinski definition) is 1. The summed E-state index contributed by atoms with van der Waals surface area (Å²) in [7, 11) is 2.96. The molecular weight excluding hydrogens is 406 g/mol. The molecule has 1 heterocycles. The van der Waals surface area contributed by atoms with Crippen LogP contribution in [0.1, 0.15) is 29.2 Å². The quantitative estimate of drug-likeness (QED) is 0.355. The van der Waals surface area contributed by atoms with Crippen LogP contribution in [0, 0.1) is 12.3 Å². The molecule has 2 unspecified atom stereocenters. The van der Waals surface area contributed by atoms with Crippen molar-refractivity contribution >= 4 is 29.0 Å². The number of esters is 1. The molecular formula is C22H23NO6S. The molecule has 1 amide bonds. The number of benzene rings is 1. The van der Waals surface area contributed by atoms with Crippen molar-refractivity contribution in [3.8, 4) is 23.8 Å². The van der Waals surface area contributed by atoms with E-state index in [1.54, 1.807) is 42.6 Å². The summed E-state index contributed by atoms with van der Waals surface area (Å²) in [6.07, 6.45) is 5.44. The molecule has 1 aromatic carbocycles. The van der Waals surface area contributed by atoms with Gasteiger partial charge in [0.2, 0.25) is 11.7 Å². The van der Waals surface area contributed by atoms with Gasteiger partial charge in [0.15, 0.2) is 0 Å². The van der Waals surface area contributed by atoms with Crippen molar-refractivity contribution < 1.29 is 28.6 Å². The molecule has 0 bridgehead atoms. The number of ketones is 1.